The van der Waals surface area contributed by atoms with Crippen LogP contribution in [0.3, 0.4) is 0 Å². The standard InChI is InChI=1S/C22H17FN2O3/c1-14(27-18-5-3-2-4-6-18)21(26)24-17-11-12-19-20(13-17)28-22(25-19)15-7-9-16(23)10-8-15/h2-14H,1H3,(H,24,26). The Balaban J connectivity index is 1.49. The van der Waals surface area contributed by atoms with Gasteiger partial charge in [-0.1, -0.05) is 18.2 Å². The van der Waals surface area contributed by atoms with Crippen molar-refractivity contribution in [3.05, 3.63) is 78.6 Å². The molecule has 1 aromatic heterocycles. The number of para-hydroxylation sites is 1. The van der Waals surface area contributed by atoms with Crippen molar-refractivity contribution in [2.24, 2.45) is 0 Å². The van der Waals surface area contributed by atoms with Gasteiger partial charge in [-0.3, -0.25) is 4.79 Å². The summed E-state index contributed by atoms with van der Waals surface area (Å²) in [6.45, 7) is 1.68. The van der Waals surface area contributed by atoms with Gasteiger partial charge in [0.05, 0.1) is 0 Å². The van der Waals surface area contributed by atoms with E-state index in [4.69, 9.17) is 9.15 Å². The maximum atomic E-state index is 13.1. The average molecular weight is 376 g/mol. The maximum Gasteiger partial charge on any atom is 0.265 e. The fourth-order valence-electron chi connectivity index (χ4n) is 2.72. The van der Waals surface area contributed by atoms with E-state index in [1.807, 2.05) is 18.2 Å². The smallest absolute Gasteiger partial charge is 0.265 e. The molecule has 1 amide bonds. The van der Waals surface area contributed by atoms with Crippen molar-refractivity contribution in [3.63, 3.8) is 0 Å². The fraction of sp³-hybridized carbons (Fsp3) is 0.0909. The Morgan fingerprint density at radius 2 is 1.82 bits per heavy atom. The first-order valence-corrected chi connectivity index (χ1v) is 8.77. The molecule has 0 bridgehead atoms. The summed E-state index contributed by atoms with van der Waals surface area (Å²) in [4.78, 5) is 16.8. The lowest BCUT2D eigenvalue weighted by Crippen LogP contribution is -2.30. The van der Waals surface area contributed by atoms with Gasteiger partial charge in [-0.05, 0) is 55.5 Å². The Bertz CT molecular complexity index is 1110. The molecule has 0 saturated heterocycles. The summed E-state index contributed by atoms with van der Waals surface area (Å²) in [5, 5.41) is 2.81. The van der Waals surface area contributed by atoms with Crippen LogP contribution in [0.1, 0.15) is 6.92 Å². The number of anilines is 1. The molecule has 1 atom stereocenters. The molecule has 28 heavy (non-hydrogen) atoms. The Morgan fingerprint density at radius 3 is 2.57 bits per heavy atom. The fourth-order valence-corrected chi connectivity index (χ4v) is 2.72. The molecule has 4 rings (SSSR count). The number of rotatable bonds is 5. The van der Waals surface area contributed by atoms with Crippen LogP contribution >= 0.6 is 0 Å². The lowest BCUT2D eigenvalue weighted by molar-refractivity contribution is -0.122. The number of nitrogens with zero attached hydrogens (tertiary/aromatic N) is 1. The van der Waals surface area contributed by atoms with Crippen LogP contribution in [0, 0.1) is 5.82 Å². The van der Waals surface area contributed by atoms with Gasteiger partial charge in [0, 0.05) is 17.3 Å². The van der Waals surface area contributed by atoms with Crippen molar-refractivity contribution in [3.8, 4) is 17.2 Å². The lowest BCUT2D eigenvalue weighted by Gasteiger charge is -2.14. The van der Waals surface area contributed by atoms with Crippen molar-refractivity contribution < 1.29 is 18.3 Å². The van der Waals surface area contributed by atoms with E-state index in [0.29, 0.717) is 34.0 Å². The number of carbonyl (C=O) groups is 1. The van der Waals surface area contributed by atoms with E-state index in [0.717, 1.165) is 0 Å². The summed E-state index contributed by atoms with van der Waals surface area (Å²) in [5.74, 6) is 0.414. The van der Waals surface area contributed by atoms with E-state index < -0.39 is 6.10 Å². The predicted molar refractivity (Wildman–Crippen MR) is 105 cm³/mol. The molecule has 0 aliphatic heterocycles. The monoisotopic (exact) mass is 376 g/mol. The molecule has 4 aromatic rings. The highest BCUT2D eigenvalue weighted by Crippen LogP contribution is 2.26. The van der Waals surface area contributed by atoms with E-state index in [9.17, 15) is 9.18 Å². The molecule has 140 valence electrons. The molecule has 0 aliphatic carbocycles. The molecule has 3 aromatic carbocycles. The number of ether oxygens (including phenoxy) is 1. The molecule has 1 N–H and O–H groups in total. The molecule has 0 spiro atoms. The Labute approximate surface area is 160 Å². The highest BCUT2D eigenvalue weighted by atomic mass is 19.1. The first-order chi connectivity index (χ1) is 13.6. The summed E-state index contributed by atoms with van der Waals surface area (Å²) >= 11 is 0. The number of benzene rings is 3. The number of nitrogens with one attached hydrogen (secondary N) is 1. The van der Waals surface area contributed by atoms with Gasteiger partial charge in [-0.25, -0.2) is 9.37 Å². The number of carbonyl (C=O) groups excluding carboxylic acids is 1. The summed E-state index contributed by atoms with van der Waals surface area (Å²) in [5.41, 5.74) is 2.41. The van der Waals surface area contributed by atoms with Gasteiger partial charge in [0.25, 0.3) is 5.91 Å². The molecule has 0 radical (unpaired) electrons. The molecule has 1 unspecified atom stereocenters. The Morgan fingerprint density at radius 1 is 1.07 bits per heavy atom. The molecule has 0 fully saturated rings. The number of aromatic nitrogens is 1. The number of amides is 1. The van der Waals surface area contributed by atoms with Gasteiger partial charge in [0.15, 0.2) is 11.7 Å². The van der Waals surface area contributed by atoms with Gasteiger partial charge in [-0.15, -0.1) is 0 Å². The SMILES string of the molecule is CC(Oc1ccccc1)C(=O)Nc1ccc2nc(-c3ccc(F)cc3)oc2c1. The summed E-state index contributed by atoms with van der Waals surface area (Å²) in [6, 6.07) is 20.3. The number of fused-ring (bicyclic) bond motifs is 1. The zero-order valence-electron chi connectivity index (χ0n) is 15.1. The van der Waals surface area contributed by atoms with Gasteiger partial charge < -0.3 is 14.5 Å². The van der Waals surface area contributed by atoms with Gasteiger partial charge in [0.1, 0.15) is 17.1 Å². The minimum atomic E-state index is -0.664. The number of hydrogen-bond acceptors (Lipinski definition) is 4. The van der Waals surface area contributed by atoms with Crippen LogP contribution < -0.4 is 10.1 Å². The number of halogens is 1. The first-order valence-electron chi connectivity index (χ1n) is 8.77. The Kier molecular flexibility index (Phi) is 4.76. The van der Waals surface area contributed by atoms with Gasteiger partial charge >= 0.3 is 0 Å². The summed E-state index contributed by atoms with van der Waals surface area (Å²) in [7, 11) is 0. The van der Waals surface area contributed by atoms with Crippen molar-refractivity contribution in [2.45, 2.75) is 13.0 Å². The molecule has 1 heterocycles. The third kappa shape index (κ3) is 3.86. The third-order valence-electron chi connectivity index (χ3n) is 4.17. The molecule has 0 saturated carbocycles. The van der Waals surface area contributed by atoms with Gasteiger partial charge in [-0.2, -0.15) is 0 Å². The van der Waals surface area contributed by atoms with E-state index in [2.05, 4.69) is 10.3 Å². The summed E-state index contributed by atoms with van der Waals surface area (Å²) < 4.78 is 24.5. The molecule has 0 aliphatic rings. The first kappa shape index (κ1) is 17.7. The molecular formula is C22H17FN2O3. The van der Waals surface area contributed by atoms with Gasteiger partial charge in [0.2, 0.25) is 5.89 Å². The molecular weight excluding hydrogens is 359 g/mol. The molecule has 5 nitrogen and oxygen atoms in total. The lowest BCUT2D eigenvalue weighted by atomic mass is 10.2. The summed E-state index contributed by atoms with van der Waals surface area (Å²) in [6.07, 6.45) is -0.664. The second-order valence-corrected chi connectivity index (χ2v) is 6.27. The van der Waals surface area contributed by atoms with E-state index in [1.54, 1.807) is 49.4 Å². The topological polar surface area (TPSA) is 64.4 Å². The van der Waals surface area contributed by atoms with E-state index in [-0.39, 0.29) is 11.7 Å². The van der Waals surface area contributed by atoms with Crippen LogP contribution in [0.4, 0.5) is 10.1 Å². The van der Waals surface area contributed by atoms with Crippen LogP contribution in [0.25, 0.3) is 22.6 Å². The zero-order valence-corrected chi connectivity index (χ0v) is 15.1. The Hall–Kier alpha value is -3.67. The van der Waals surface area contributed by atoms with Crippen LogP contribution in [-0.2, 0) is 4.79 Å². The van der Waals surface area contributed by atoms with Crippen molar-refractivity contribution >= 4 is 22.7 Å². The quantitative estimate of drug-likeness (QED) is 0.530. The maximum absolute atomic E-state index is 13.1. The predicted octanol–water partition coefficient (Wildman–Crippen LogP) is 5.04. The van der Waals surface area contributed by atoms with Crippen molar-refractivity contribution in [2.75, 3.05) is 5.32 Å². The van der Waals surface area contributed by atoms with Crippen LogP contribution in [-0.4, -0.2) is 17.0 Å². The average Bonchev–Trinajstić information content (AvgIpc) is 3.12. The minimum Gasteiger partial charge on any atom is -0.481 e. The van der Waals surface area contributed by atoms with E-state index in [1.165, 1.54) is 12.1 Å². The number of hydrogen-bond donors (Lipinski definition) is 1. The van der Waals surface area contributed by atoms with E-state index >= 15 is 0 Å². The highest BCUT2D eigenvalue weighted by Gasteiger charge is 2.16. The van der Waals surface area contributed by atoms with Crippen molar-refractivity contribution in [1.82, 2.24) is 4.98 Å². The number of oxazole rings is 1. The minimum absolute atomic E-state index is 0.276. The highest BCUT2D eigenvalue weighted by molar-refractivity contribution is 5.95. The van der Waals surface area contributed by atoms with Crippen molar-refractivity contribution in [1.29, 1.82) is 0 Å². The molecule has 6 heteroatoms. The zero-order chi connectivity index (χ0) is 19.5. The second-order valence-electron chi connectivity index (χ2n) is 6.27. The normalized spacial score (nSPS) is 11.9. The van der Waals surface area contributed by atoms with Crippen LogP contribution in [0.2, 0.25) is 0 Å². The largest absolute Gasteiger partial charge is 0.481 e. The van der Waals surface area contributed by atoms with Crippen LogP contribution in [0.5, 0.6) is 5.75 Å². The second kappa shape index (κ2) is 7.52. The third-order valence-corrected chi connectivity index (χ3v) is 4.17. The van der Waals surface area contributed by atoms with Crippen LogP contribution in [0.15, 0.2) is 77.2 Å².